The molecule has 166 valence electrons. The smallest absolute Gasteiger partial charge is 0.335 e. The van der Waals surface area contributed by atoms with Crippen molar-refractivity contribution in [1.29, 1.82) is 0 Å². The van der Waals surface area contributed by atoms with E-state index >= 15 is 0 Å². The Morgan fingerprint density at radius 1 is 0.879 bits per heavy atom. The molecule has 3 aromatic carbocycles. The Kier molecular flexibility index (Phi) is 5.12. The van der Waals surface area contributed by atoms with Gasteiger partial charge in [0.15, 0.2) is 0 Å². The molecule has 4 unspecified atom stereocenters. The van der Waals surface area contributed by atoms with Crippen molar-refractivity contribution in [3.8, 4) is 0 Å². The zero-order valence-corrected chi connectivity index (χ0v) is 17.3. The predicted octanol–water partition coefficient (Wildman–Crippen LogP) is 3.21. The van der Waals surface area contributed by atoms with Crippen molar-refractivity contribution >= 4 is 23.3 Å². The van der Waals surface area contributed by atoms with Gasteiger partial charge in [-0.1, -0.05) is 42.5 Å². The van der Waals surface area contributed by atoms with Crippen molar-refractivity contribution < 1.29 is 19.6 Å². The number of carboxylic acids is 1. The minimum absolute atomic E-state index is 0.0285. The highest BCUT2D eigenvalue weighted by molar-refractivity contribution is 6.01. The second-order valence-corrected chi connectivity index (χ2v) is 8.09. The van der Waals surface area contributed by atoms with Crippen LogP contribution in [0.1, 0.15) is 33.6 Å². The van der Waals surface area contributed by atoms with Crippen LogP contribution in [0, 0.1) is 16.0 Å². The third-order valence-corrected chi connectivity index (χ3v) is 6.31. The summed E-state index contributed by atoms with van der Waals surface area (Å²) in [5.41, 5.74) is 8.82. The highest BCUT2D eigenvalue weighted by atomic mass is 16.6. The Bertz CT molecular complexity index is 1210. The van der Waals surface area contributed by atoms with Crippen LogP contribution in [0.5, 0.6) is 0 Å². The molecule has 2 fully saturated rings. The van der Waals surface area contributed by atoms with Gasteiger partial charge in [-0.05, 0) is 35.4 Å². The van der Waals surface area contributed by atoms with Crippen LogP contribution in [0.25, 0.3) is 0 Å². The first-order valence-corrected chi connectivity index (χ1v) is 10.4. The average molecular weight is 444 g/mol. The summed E-state index contributed by atoms with van der Waals surface area (Å²) in [7, 11) is 0. The van der Waals surface area contributed by atoms with Gasteiger partial charge in [0.1, 0.15) is 6.04 Å². The van der Waals surface area contributed by atoms with E-state index in [4.69, 9.17) is 0 Å². The Balaban J connectivity index is 1.61. The van der Waals surface area contributed by atoms with E-state index in [1.807, 2.05) is 30.3 Å². The number of hydrogen-bond donors (Lipinski definition) is 3. The number of amides is 1. The highest BCUT2D eigenvalue weighted by Crippen LogP contribution is 2.49. The molecule has 3 N–H and O–H groups in total. The van der Waals surface area contributed by atoms with Gasteiger partial charge in [-0.25, -0.2) is 15.6 Å². The largest absolute Gasteiger partial charge is 0.478 e. The lowest BCUT2D eigenvalue weighted by atomic mass is 9.83. The maximum atomic E-state index is 13.5. The van der Waals surface area contributed by atoms with Crippen LogP contribution in [-0.4, -0.2) is 27.9 Å². The van der Waals surface area contributed by atoms with Crippen molar-refractivity contribution in [2.45, 2.75) is 18.1 Å². The number of rotatable bonds is 5. The molecular weight excluding hydrogens is 424 g/mol. The summed E-state index contributed by atoms with van der Waals surface area (Å²) in [6.45, 7) is 0. The van der Waals surface area contributed by atoms with E-state index in [2.05, 4.69) is 10.9 Å². The molecule has 4 atom stereocenters. The zero-order chi connectivity index (χ0) is 23.1. The predicted molar refractivity (Wildman–Crippen MR) is 119 cm³/mol. The molecule has 2 aliphatic heterocycles. The topological polar surface area (TPSA) is 125 Å². The molecule has 33 heavy (non-hydrogen) atoms. The number of nitrogens with one attached hydrogen (secondary N) is 2. The SMILES string of the molecule is O=C(O)c1ccc(N2C(=O)C3NNC(c4ccccc4)C3C2c2ccc([N+](=O)[O-])cc2)cc1. The van der Waals surface area contributed by atoms with Crippen LogP contribution in [0.15, 0.2) is 78.9 Å². The molecular formula is C24H20N4O5. The molecule has 5 rings (SSSR count). The summed E-state index contributed by atoms with van der Waals surface area (Å²) in [6, 6.07) is 21.0. The number of nitro benzene ring substituents is 1. The standard InChI is InChI=1S/C24H20N4O5/c29-23-21-19(20(25-26-21)14-4-2-1-3-5-14)22(15-6-12-18(13-7-15)28(32)33)27(23)17-10-8-16(9-11-17)24(30)31/h1-13,19-22,25-26H,(H,30,31). The number of nitrogens with zero attached hydrogens (tertiary/aromatic N) is 2. The van der Waals surface area contributed by atoms with Gasteiger partial charge in [0.2, 0.25) is 5.91 Å². The number of nitro groups is 1. The van der Waals surface area contributed by atoms with E-state index in [0.29, 0.717) is 5.69 Å². The lowest BCUT2D eigenvalue weighted by Gasteiger charge is -2.31. The van der Waals surface area contributed by atoms with Crippen LogP contribution in [0.4, 0.5) is 11.4 Å². The molecule has 2 heterocycles. The lowest BCUT2D eigenvalue weighted by Crippen LogP contribution is -2.41. The number of fused-ring (bicyclic) bond motifs is 1. The summed E-state index contributed by atoms with van der Waals surface area (Å²) in [5, 5.41) is 20.4. The van der Waals surface area contributed by atoms with Crippen molar-refractivity contribution in [2.24, 2.45) is 5.92 Å². The first-order valence-electron chi connectivity index (χ1n) is 10.4. The number of hydrazine groups is 1. The van der Waals surface area contributed by atoms with Crippen LogP contribution in [-0.2, 0) is 4.79 Å². The molecule has 0 spiro atoms. The summed E-state index contributed by atoms with van der Waals surface area (Å²) in [6.07, 6.45) is 0. The molecule has 0 radical (unpaired) electrons. The molecule has 0 bridgehead atoms. The molecule has 9 nitrogen and oxygen atoms in total. The van der Waals surface area contributed by atoms with Gasteiger partial charge in [-0.2, -0.15) is 0 Å². The highest BCUT2D eigenvalue weighted by Gasteiger charge is 2.56. The van der Waals surface area contributed by atoms with E-state index in [-0.39, 0.29) is 29.1 Å². The second kappa shape index (κ2) is 8.12. The van der Waals surface area contributed by atoms with Gasteiger partial charge >= 0.3 is 5.97 Å². The third-order valence-electron chi connectivity index (χ3n) is 6.31. The Morgan fingerprint density at radius 2 is 1.52 bits per heavy atom. The van der Waals surface area contributed by atoms with E-state index in [1.54, 1.807) is 29.2 Å². The molecule has 1 amide bonds. The molecule has 0 saturated carbocycles. The maximum absolute atomic E-state index is 13.5. The minimum atomic E-state index is -1.05. The average Bonchev–Trinajstić information content (AvgIpc) is 3.39. The number of carbonyl (C=O) groups is 2. The van der Waals surface area contributed by atoms with Gasteiger partial charge in [0, 0.05) is 23.7 Å². The minimum Gasteiger partial charge on any atom is -0.478 e. The first-order chi connectivity index (χ1) is 16.0. The van der Waals surface area contributed by atoms with Crippen molar-refractivity contribution in [1.82, 2.24) is 10.9 Å². The Morgan fingerprint density at radius 3 is 2.12 bits per heavy atom. The van der Waals surface area contributed by atoms with Crippen molar-refractivity contribution in [3.63, 3.8) is 0 Å². The number of anilines is 1. The van der Waals surface area contributed by atoms with E-state index < -0.39 is 23.0 Å². The number of hydrogen-bond acceptors (Lipinski definition) is 6. The first kappa shape index (κ1) is 20.8. The van der Waals surface area contributed by atoms with Crippen molar-refractivity contribution in [3.05, 3.63) is 106 Å². The lowest BCUT2D eigenvalue weighted by molar-refractivity contribution is -0.384. The summed E-state index contributed by atoms with van der Waals surface area (Å²) in [4.78, 5) is 37.2. The fourth-order valence-corrected chi connectivity index (χ4v) is 4.80. The van der Waals surface area contributed by atoms with Gasteiger partial charge in [0.05, 0.1) is 22.6 Å². The zero-order valence-electron chi connectivity index (χ0n) is 17.3. The summed E-state index contributed by atoms with van der Waals surface area (Å²) < 4.78 is 0. The molecule has 3 aromatic rings. The quantitative estimate of drug-likeness (QED) is 0.408. The Hall–Kier alpha value is -4.08. The van der Waals surface area contributed by atoms with E-state index in [1.165, 1.54) is 24.3 Å². The number of non-ortho nitro benzene ring substituents is 1. The third kappa shape index (κ3) is 3.53. The van der Waals surface area contributed by atoms with Crippen LogP contribution in [0.3, 0.4) is 0 Å². The molecule has 2 aliphatic rings. The van der Waals surface area contributed by atoms with Gasteiger partial charge in [-0.15, -0.1) is 0 Å². The number of carboxylic acid groups (broad SMARTS) is 1. The Labute approximate surface area is 188 Å². The fourth-order valence-electron chi connectivity index (χ4n) is 4.80. The van der Waals surface area contributed by atoms with Gasteiger partial charge < -0.3 is 10.0 Å². The van der Waals surface area contributed by atoms with E-state index in [9.17, 15) is 24.8 Å². The van der Waals surface area contributed by atoms with Gasteiger partial charge in [0.25, 0.3) is 5.69 Å². The van der Waals surface area contributed by atoms with E-state index in [0.717, 1.165) is 11.1 Å². The van der Waals surface area contributed by atoms with Crippen LogP contribution < -0.4 is 15.8 Å². The molecule has 0 aliphatic carbocycles. The maximum Gasteiger partial charge on any atom is 0.335 e. The molecule has 0 aromatic heterocycles. The molecule has 2 saturated heterocycles. The van der Waals surface area contributed by atoms with Gasteiger partial charge in [-0.3, -0.25) is 14.9 Å². The second-order valence-electron chi connectivity index (χ2n) is 8.09. The number of aromatic carboxylic acids is 1. The van der Waals surface area contributed by atoms with Crippen LogP contribution in [0.2, 0.25) is 0 Å². The van der Waals surface area contributed by atoms with Crippen molar-refractivity contribution in [2.75, 3.05) is 4.90 Å². The number of carbonyl (C=O) groups excluding carboxylic acids is 1. The normalized spacial score (nSPS) is 24.0. The summed E-state index contributed by atoms with van der Waals surface area (Å²) in [5.74, 6) is -1.41. The monoisotopic (exact) mass is 444 g/mol. The fraction of sp³-hybridized carbons (Fsp3) is 0.167. The van der Waals surface area contributed by atoms with Crippen LogP contribution >= 0.6 is 0 Å². The molecule has 9 heteroatoms. The number of benzene rings is 3. The summed E-state index contributed by atoms with van der Waals surface area (Å²) >= 11 is 0.